The minimum absolute atomic E-state index is 0.0779. The molecule has 1 amide bonds. The number of hydrogen-bond donors (Lipinski definition) is 2. The van der Waals surface area contributed by atoms with Crippen molar-refractivity contribution in [2.75, 3.05) is 11.9 Å². The van der Waals surface area contributed by atoms with Gasteiger partial charge < -0.3 is 10.6 Å². The predicted molar refractivity (Wildman–Crippen MR) is 107 cm³/mol. The highest BCUT2D eigenvalue weighted by molar-refractivity contribution is 7.14. The molecule has 3 N–H and O–H groups in total. The van der Waals surface area contributed by atoms with Crippen molar-refractivity contribution in [1.29, 1.82) is 5.26 Å². The maximum Gasteiger partial charge on any atom is 0.280 e. The second kappa shape index (κ2) is 9.51. The van der Waals surface area contributed by atoms with Gasteiger partial charge in [-0.2, -0.15) is 5.26 Å². The molecule has 1 heterocycles. The summed E-state index contributed by atoms with van der Waals surface area (Å²) in [5.41, 5.74) is 3.12. The molecule has 2 aromatic rings. The fourth-order valence-electron chi connectivity index (χ4n) is 2.98. The molecule has 0 aliphatic carbocycles. The number of amides is 1. The summed E-state index contributed by atoms with van der Waals surface area (Å²) in [6.07, 6.45) is 1.13. The molecule has 0 unspecified atom stereocenters. The van der Waals surface area contributed by atoms with E-state index in [1.165, 1.54) is 22.5 Å². The Labute approximate surface area is 160 Å². The lowest BCUT2D eigenvalue weighted by atomic mass is 9.92. The van der Waals surface area contributed by atoms with Gasteiger partial charge in [0.05, 0.1) is 5.56 Å². The lowest BCUT2D eigenvalue weighted by Crippen LogP contribution is -2.88. The zero-order valence-electron chi connectivity index (χ0n) is 16.0. The maximum absolute atomic E-state index is 12.3. The summed E-state index contributed by atoms with van der Waals surface area (Å²) in [7, 11) is 0. The first-order valence-electron chi connectivity index (χ1n) is 9.16. The van der Waals surface area contributed by atoms with Gasteiger partial charge in [-0.15, -0.1) is 11.3 Å². The summed E-state index contributed by atoms with van der Waals surface area (Å²) in [4.78, 5) is 12.3. The van der Waals surface area contributed by atoms with E-state index >= 15 is 0 Å². The smallest absolute Gasteiger partial charge is 0.280 e. The fraction of sp³-hybridized carbons (Fsp3) is 0.429. The Morgan fingerprint density at radius 2 is 1.85 bits per heavy atom. The molecule has 0 aliphatic rings. The van der Waals surface area contributed by atoms with Crippen molar-refractivity contribution in [2.24, 2.45) is 5.92 Å². The number of benzene rings is 1. The monoisotopic (exact) mass is 370 g/mol. The first kappa shape index (κ1) is 20.2. The molecule has 138 valence electrons. The van der Waals surface area contributed by atoms with Crippen molar-refractivity contribution in [3.05, 3.63) is 52.4 Å². The van der Waals surface area contributed by atoms with Crippen LogP contribution in [0.2, 0.25) is 0 Å². The third-order valence-corrected chi connectivity index (χ3v) is 5.65. The van der Waals surface area contributed by atoms with Gasteiger partial charge in [0.25, 0.3) is 5.91 Å². The van der Waals surface area contributed by atoms with Gasteiger partial charge in [-0.05, 0) is 29.3 Å². The molecule has 2 atom stereocenters. The van der Waals surface area contributed by atoms with Gasteiger partial charge in [-0.25, -0.2) is 0 Å². The van der Waals surface area contributed by atoms with E-state index in [0.717, 1.165) is 6.42 Å². The van der Waals surface area contributed by atoms with E-state index in [0.29, 0.717) is 28.9 Å². The first-order valence-corrected chi connectivity index (χ1v) is 10.0. The maximum atomic E-state index is 12.3. The van der Waals surface area contributed by atoms with Gasteiger partial charge in [0.2, 0.25) is 0 Å². The highest BCUT2D eigenvalue weighted by atomic mass is 32.1. The van der Waals surface area contributed by atoms with E-state index in [1.807, 2.05) is 5.38 Å². The number of rotatable bonds is 8. The van der Waals surface area contributed by atoms with Crippen LogP contribution in [-0.2, 0) is 4.79 Å². The Kier molecular flexibility index (Phi) is 7.38. The predicted octanol–water partition coefficient (Wildman–Crippen LogP) is 4.03. The third-order valence-electron chi connectivity index (χ3n) is 4.82. The normalized spacial score (nSPS) is 13.2. The molecule has 5 heteroatoms. The SMILES string of the molecule is CC[C@H](C)c1ccc([C@@H]([NH2+]CC(=O)Nc2sccc2C#N)C(C)C)cc1. The quantitative estimate of drug-likeness (QED) is 0.736. The van der Waals surface area contributed by atoms with E-state index < -0.39 is 0 Å². The van der Waals surface area contributed by atoms with E-state index in [9.17, 15) is 4.79 Å². The van der Waals surface area contributed by atoms with Crippen molar-refractivity contribution in [3.63, 3.8) is 0 Å². The van der Waals surface area contributed by atoms with Gasteiger partial charge in [0, 0.05) is 11.5 Å². The summed E-state index contributed by atoms with van der Waals surface area (Å²) in [6.45, 7) is 9.13. The van der Waals surface area contributed by atoms with E-state index in [-0.39, 0.29) is 11.9 Å². The number of thiophene rings is 1. The second-order valence-electron chi connectivity index (χ2n) is 7.01. The summed E-state index contributed by atoms with van der Waals surface area (Å²) >= 11 is 1.38. The van der Waals surface area contributed by atoms with Crippen molar-refractivity contribution < 1.29 is 10.1 Å². The van der Waals surface area contributed by atoms with Crippen molar-refractivity contribution in [1.82, 2.24) is 0 Å². The lowest BCUT2D eigenvalue weighted by molar-refractivity contribution is -0.692. The fourth-order valence-corrected chi connectivity index (χ4v) is 3.74. The molecule has 1 aromatic heterocycles. The van der Waals surface area contributed by atoms with Crippen molar-refractivity contribution in [3.8, 4) is 6.07 Å². The van der Waals surface area contributed by atoms with E-state index in [4.69, 9.17) is 5.26 Å². The molecule has 26 heavy (non-hydrogen) atoms. The van der Waals surface area contributed by atoms with Crippen LogP contribution in [0.5, 0.6) is 0 Å². The lowest BCUT2D eigenvalue weighted by Gasteiger charge is -2.20. The number of nitrogens with two attached hydrogens (primary N) is 1. The minimum Gasteiger partial charge on any atom is -0.332 e. The highest BCUT2D eigenvalue weighted by Crippen LogP contribution is 2.23. The Hall–Kier alpha value is -2.16. The molecule has 2 rings (SSSR count). The molecule has 0 radical (unpaired) electrons. The summed E-state index contributed by atoms with van der Waals surface area (Å²) in [5.74, 6) is 0.899. The molecule has 4 nitrogen and oxygen atoms in total. The van der Waals surface area contributed by atoms with Crippen LogP contribution in [-0.4, -0.2) is 12.5 Å². The molecular formula is C21H28N3OS+. The van der Waals surface area contributed by atoms with Crippen LogP contribution in [0.25, 0.3) is 0 Å². The number of anilines is 1. The number of quaternary nitrogens is 1. The van der Waals surface area contributed by atoms with Crippen LogP contribution in [0.1, 0.15) is 62.8 Å². The summed E-state index contributed by atoms with van der Waals surface area (Å²) < 4.78 is 0. The number of carbonyl (C=O) groups excluding carboxylic acids is 1. The highest BCUT2D eigenvalue weighted by Gasteiger charge is 2.21. The van der Waals surface area contributed by atoms with Crippen LogP contribution < -0.4 is 10.6 Å². The zero-order chi connectivity index (χ0) is 19.1. The van der Waals surface area contributed by atoms with Gasteiger partial charge >= 0.3 is 0 Å². The van der Waals surface area contributed by atoms with Crippen molar-refractivity contribution in [2.45, 2.75) is 46.1 Å². The standard InChI is InChI=1S/C21H27N3OS/c1-5-15(4)16-6-8-17(9-7-16)20(14(2)3)23-13-19(25)24-21-18(12-22)10-11-26-21/h6-11,14-15,20,23H,5,13H2,1-4H3,(H,24,25)/p+1/t15-,20-/m0/s1. The Morgan fingerprint density at radius 1 is 1.19 bits per heavy atom. The summed E-state index contributed by atoms with van der Waals surface area (Å²) in [5, 5.41) is 16.4. The van der Waals surface area contributed by atoms with E-state index in [2.05, 4.69) is 68.7 Å². The molecule has 0 bridgehead atoms. The van der Waals surface area contributed by atoms with Crippen molar-refractivity contribution >= 4 is 22.2 Å². The number of carbonyl (C=O) groups is 1. The van der Waals surface area contributed by atoms with Gasteiger partial charge in [-0.1, -0.05) is 52.0 Å². The number of hydrogen-bond acceptors (Lipinski definition) is 3. The molecule has 0 saturated carbocycles. The molecular weight excluding hydrogens is 342 g/mol. The Bertz CT molecular complexity index is 758. The first-order chi connectivity index (χ1) is 12.5. The average Bonchev–Trinajstić information content (AvgIpc) is 3.08. The van der Waals surface area contributed by atoms with E-state index in [1.54, 1.807) is 6.07 Å². The topological polar surface area (TPSA) is 69.5 Å². The third kappa shape index (κ3) is 5.17. The molecule has 0 aliphatic heterocycles. The van der Waals surface area contributed by atoms with Gasteiger partial charge in [0.15, 0.2) is 6.54 Å². The molecule has 1 aromatic carbocycles. The van der Waals surface area contributed by atoms with Crippen LogP contribution in [0.4, 0.5) is 5.00 Å². The summed E-state index contributed by atoms with van der Waals surface area (Å²) in [6, 6.07) is 12.8. The van der Waals surface area contributed by atoms with Gasteiger partial charge in [-0.3, -0.25) is 4.79 Å². The molecule has 0 spiro atoms. The number of nitrogens with one attached hydrogen (secondary N) is 1. The number of nitrogens with zero attached hydrogens (tertiary/aromatic N) is 1. The minimum atomic E-state index is -0.0779. The average molecular weight is 371 g/mol. The van der Waals surface area contributed by atoms with Crippen LogP contribution in [0, 0.1) is 17.2 Å². The van der Waals surface area contributed by atoms with Crippen LogP contribution >= 0.6 is 11.3 Å². The van der Waals surface area contributed by atoms with Crippen LogP contribution in [0.15, 0.2) is 35.7 Å². The van der Waals surface area contributed by atoms with Crippen LogP contribution in [0.3, 0.4) is 0 Å². The largest absolute Gasteiger partial charge is 0.332 e. The second-order valence-corrected chi connectivity index (χ2v) is 7.93. The zero-order valence-corrected chi connectivity index (χ0v) is 16.8. The molecule has 0 fully saturated rings. The number of nitriles is 1. The Balaban J connectivity index is 2.00. The Morgan fingerprint density at radius 3 is 2.42 bits per heavy atom. The van der Waals surface area contributed by atoms with Gasteiger partial charge in [0.1, 0.15) is 17.1 Å². The molecule has 0 saturated heterocycles.